The van der Waals surface area contributed by atoms with Crippen LogP contribution < -0.4 is 0 Å². The summed E-state index contributed by atoms with van der Waals surface area (Å²) in [4.78, 5) is 0. The molecule has 1 saturated heterocycles. The first-order valence-corrected chi connectivity index (χ1v) is 9.62. The first kappa shape index (κ1) is 17.2. The molecule has 0 amide bonds. The third-order valence-electron chi connectivity index (χ3n) is 5.22. The van der Waals surface area contributed by atoms with Crippen LogP contribution in [0.5, 0.6) is 0 Å². The Labute approximate surface area is 147 Å². The molecule has 0 saturated carbocycles. The molecule has 3 atom stereocenters. The number of ether oxygens (including phenoxy) is 1. The highest BCUT2D eigenvalue weighted by Gasteiger charge is 2.30. The summed E-state index contributed by atoms with van der Waals surface area (Å²) < 4.78 is 6.50. The second-order valence-corrected chi connectivity index (χ2v) is 7.09. The van der Waals surface area contributed by atoms with Crippen molar-refractivity contribution in [2.75, 3.05) is 0 Å². The molecule has 1 nitrogen and oxygen atoms in total. The Morgan fingerprint density at radius 3 is 2.12 bits per heavy atom. The molecular weight excluding hydrogens is 292 g/mol. The summed E-state index contributed by atoms with van der Waals surface area (Å²) in [6.45, 7) is 2.27. The van der Waals surface area contributed by atoms with Gasteiger partial charge in [-0.3, -0.25) is 0 Å². The molecule has 1 heteroatoms. The van der Waals surface area contributed by atoms with Crippen molar-refractivity contribution in [1.82, 2.24) is 0 Å². The zero-order valence-corrected chi connectivity index (χ0v) is 14.9. The normalized spacial score (nSPS) is 24.0. The smallest absolute Gasteiger partial charge is 0.0834 e. The molecule has 0 radical (unpaired) electrons. The van der Waals surface area contributed by atoms with Gasteiger partial charge in [0.25, 0.3) is 0 Å². The lowest BCUT2D eigenvalue weighted by Crippen LogP contribution is -2.27. The van der Waals surface area contributed by atoms with Gasteiger partial charge in [-0.1, -0.05) is 93.3 Å². The van der Waals surface area contributed by atoms with Gasteiger partial charge in [0.2, 0.25) is 0 Å². The summed E-state index contributed by atoms with van der Waals surface area (Å²) in [5.74, 6) is 0.612. The molecular formula is C23H30O. The van der Waals surface area contributed by atoms with E-state index >= 15 is 0 Å². The fraction of sp³-hybridized carbons (Fsp3) is 0.478. The minimum Gasteiger partial charge on any atom is -0.370 e. The topological polar surface area (TPSA) is 9.23 Å². The van der Waals surface area contributed by atoms with Gasteiger partial charge < -0.3 is 4.74 Å². The number of hydrogen-bond acceptors (Lipinski definition) is 1. The van der Waals surface area contributed by atoms with Crippen LogP contribution in [0.1, 0.15) is 75.0 Å². The highest BCUT2D eigenvalue weighted by Crippen LogP contribution is 2.41. The van der Waals surface area contributed by atoms with Crippen LogP contribution in [0, 0.1) is 0 Å². The minimum absolute atomic E-state index is 0.237. The van der Waals surface area contributed by atoms with Crippen molar-refractivity contribution in [3.63, 3.8) is 0 Å². The van der Waals surface area contributed by atoms with Gasteiger partial charge in [0, 0.05) is 0 Å². The van der Waals surface area contributed by atoms with Crippen LogP contribution in [-0.4, -0.2) is 6.10 Å². The van der Waals surface area contributed by atoms with E-state index in [1.807, 2.05) is 0 Å². The first-order chi connectivity index (χ1) is 11.9. The maximum absolute atomic E-state index is 6.50. The van der Waals surface area contributed by atoms with E-state index in [0.717, 1.165) is 6.42 Å². The Kier molecular flexibility index (Phi) is 6.48. The largest absolute Gasteiger partial charge is 0.370 e. The Morgan fingerprint density at radius 1 is 0.792 bits per heavy atom. The van der Waals surface area contributed by atoms with Gasteiger partial charge in [0.1, 0.15) is 0 Å². The molecule has 1 aliphatic heterocycles. The average Bonchev–Trinajstić information content (AvgIpc) is 2.66. The number of benzene rings is 2. The van der Waals surface area contributed by atoms with Crippen molar-refractivity contribution in [2.24, 2.45) is 0 Å². The van der Waals surface area contributed by atoms with Gasteiger partial charge in [0.15, 0.2) is 0 Å². The Hall–Kier alpha value is -1.60. The van der Waals surface area contributed by atoms with E-state index in [-0.39, 0.29) is 6.10 Å². The number of rotatable bonds is 7. The zero-order chi connectivity index (χ0) is 16.6. The molecule has 0 spiro atoms. The van der Waals surface area contributed by atoms with E-state index in [1.54, 1.807) is 0 Å². The maximum atomic E-state index is 6.50. The molecule has 24 heavy (non-hydrogen) atoms. The molecule has 1 aliphatic rings. The lowest BCUT2D eigenvalue weighted by atomic mass is 9.83. The average molecular weight is 322 g/mol. The van der Waals surface area contributed by atoms with Crippen molar-refractivity contribution >= 4 is 0 Å². The summed E-state index contributed by atoms with van der Waals surface area (Å²) in [7, 11) is 0. The second-order valence-electron chi connectivity index (χ2n) is 7.09. The zero-order valence-electron chi connectivity index (χ0n) is 14.9. The Balaban J connectivity index is 1.70. The van der Waals surface area contributed by atoms with E-state index in [4.69, 9.17) is 4.74 Å². The van der Waals surface area contributed by atoms with Crippen LogP contribution in [0.4, 0.5) is 0 Å². The third kappa shape index (κ3) is 4.70. The molecule has 0 aliphatic carbocycles. The van der Waals surface area contributed by atoms with Gasteiger partial charge in [0.05, 0.1) is 12.2 Å². The van der Waals surface area contributed by atoms with Gasteiger partial charge in [-0.15, -0.1) is 0 Å². The van der Waals surface area contributed by atoms with Crippen molar-refractivity contribution < 1.29 is 4.74 Å². The van der Waals surface area contributed by atoms with E-state index in [9.17, 15) is 0 Å². The van der Waals surface area contributed by atoms with Crippen molar-refractivity contribution in [3.8, 4) is 0 Å². The van der Waals surface area contributed by atoms with Gasteiger partial charge >= 0.3 is 0 Å². The standard InChI is InChI=1S/C23H30O/c1-2-3-4-11-16-22-17-21(19-12-7-5-8-13-19)18-23(24-22)20-14-9-6-10-15-20/h5-10,12-15,21-23H,2-4,11,16-18H2,1H3/t21-,22+,23+/m0/s1. The molecule has 0 unspecified atom stereocenters. The van der Waals surface area contributed by atoms with Gasteiger partial charge in [-0.2, -0.15) is 0 Å². The van der Waals surface area contributed by atoms with Gasteiger partial charge in [-0.05, 0) is 36.3 Å². The maximum Gasteiger partial charge on any atom is 0.0834 e. The van der Waals surface area contributed by atoms with Crippen molar-refractivity contribution in [3.05, 3.63) is 71.8 Å². The summed E-state index contributed by atoms with van der Waals surface area (Å²) in [5.41, 5.74) is 2.80. The van der Waals surface area contributed by atoms with Crippen molar-refractivity contribution in [2.45, 2.75) is 70.0 Å². The van der Waals surface area contributed by atoms with E-state index in [2.05, 4.69) is 67.6 Å². The first-order valence-electron chi connectivity index (χ1n) is 9.62. The van der Waals surface area contributed by atoms with Gasteiger partial charge in [-0.25, -0.2) is 0 Å². The lowest BCUT2D eigenvalue weighted by molar-refractivity contribution is -0.0639. The molecule has 1 fully saturated rings. The highest BCUT2D eigenvalue weighted by atomic mass is 16.5. The molecule has 3 rings (SSSR count). The fourth-order valence-electron chi connectivity index (χ4n) is 3.88. The SMILES string of the molecule is CCCCCC[C@@H]1C[C@H](c2ccccc2)C[C@H](c2ccccc2)O1. The van der Waals surface area contributed by atoms with Crippen LogP contribution >= 0.6 is 0 Å². The van der Waals surface area contributed by atoms with E-state index in [0.29, 0.717) is 12.0 Å². The third-order valence-corrected chi connectivity index (χ3v) is 5.22. The monoisotopic (exact) mass is 322 g/mol. The van der Waals surface area contributed by atoms with E-state index < -0.39 is 0 Å². The quantitative estimate of drug-likeness (QED) is 0.518. The highest BCUT2D eigenvalue weighted by molar-refractivity contribution is 5.23. The lowest BCUT2D eigenvalue weighted by Gasteiger charge is -2.36. The second kappa shape index (κ2) is 9.03. The molecule has 2 aromatic rings. The van der Waals surface area contributed by atoms with Crippen LogP contribution in [0.2, 0.25) is 0 Å². The Bertz CT molecular complexity index is 530. The minimum atomic E-state index is 0.237. The summed E-state index contributed by atoms with van der Waals surface area (Å²) in [6, 6.07) is 21.8. The molecule has 1 heterocycles. The van der Waals surface area contributed by atoms with Crippen LogP contribution in [0.25, 0.3) is 0 Å². The van der Waals surface area contributed by atoms with Crippen LogP contribution in [0.15, 0.2) is 60.7 Å². The molecule has 0 N–H and O–H groups in total. The molecule has 2 aromatic carbocycles. The predicted molar refractivity (Wildman–Crippen MR) is 101 cm³/mol. The predicted octanol–water partition coefficient (Wildman–Crippen LogP) is 6.66. The van der Waals surface area contributed by atoms with Crippen molar-refractivity contribution in [1.29, 1.82) is 0 Å². The molecule has 0 aromatic heterocycles. The summed E-state index contributed by atoms with van der Waals surface area (Å²) >= 11 is 0. The number of hydrogen-bond donors (Lipinski definition) is 0. The fourth-order valence-corrected chi connectivity index (χ4v) is 3.88. The van der Waals surface area contributed by atoms with Crippen LogP contribution in [0.3, 0.4) is 0 Å². The van der Waals surface area contributed by atoms with E-state index in [1.165, 1.54) is 49.7 Å². The summed E-state index contributed by atoms with van der Waals surface area (Å²) in [5, 5.41) is 0. The summed E-state index contributed by atoms with van der Waals surface area (Å²) in [6.07, 6.45) is 9.37. The molecule has 128 valence electrons. The Morgan fingerprint density at radius 2 is 1.46 bits per heavy atom. The number of unbranched alkanes of at least 4 members (excludes halogenated alkanes) is 3. The van der Waals surface area contributed by atoms with Crippen LogP contribution in [-0.2, 0) is 4.74 Å². The molecule has 0 bridgehead atoms.